The SMILES string of the molecule is CN1CCCC1Cc1cccc(Cl)c1N. The van der Waals surface area contributed by atoms with Crippen LogP contribution in [0.2, 0.25) is 5.02 Å². The Kier molecular flexibility index (Phi) is 3.17. The summed E-state index contributed by atoms with van der Waals surface area (Å²) >= 11 is 6.00. The van der Waals surface area contributed by atoms with E-state index in [2.05, 4.69) is 18.0 Å². The average Bonchev–Trinajstić information content (AvgIpc) is 2.60. The summed E-state index contributed by atoms with van der Waals surface area (Å²) in [5, 5.41) is 0.674. The number of benzene rings is 1. The first kappa shape index (κ1) is 10.8. The fourth-order valence-electron chi connectivity index (χ4n) is 2.25. The average molecular weight is 225 g/mol. The molecular formula is C12H17ClN2. The van der Waals surface area contributed by atoms with Gasteiger partial charge in [-0.1, -0.05) is 23.7 Å². The van der Waals surface area contributed by atoms with Crippen molar-refractivity contribution in [1.29, 1.82) is 0 Å². The zero-order valence-corrected chi connectivity index (χ0v) is 9.80. The number of para-hydroxylation sites is 1. The molecule has 15 heavy (non-hydrogen) atoms. The molecular weight excluding hydrogens is 208 g/mol. The first-order chi connectivity index (χ1) is 7.18. The summed E-state index contributed by atoms with van der Waals surface area (Å²) in [5.74, 6) is 0. The monoisotopic (exact) mass is 224 g/mol. The lowest BCUT2D eigenvalue weighted by molar-refractivity contribution is 0.309. The second kappa shape index (κ2) is 4.42. The maximum Gasteiger partial charge on any atom is 0.0638 e. The molecule has 0 amide bonds. The normalized spacial score (nSPS) is 22.1. The molecule has 2 nitrogen and oxygen atoms in total. The topological polar surface area (TPSA) is 29.3 Å². The van der Waals surface area contributed by atoms with E-state index in [1.807, 2.05) is 12.1 Å². The summed E-state index contributed by atoms with van der Waals surface area (Å²) in [6.07, 6.45) is 3.58. The van der Waals surface area contributed by atoms with Crippen molar-refractivity contribution < 1.29 is 0 Å². The van der Waals surface area contributed by atoms with E-state index in [0.29, 0.717) is 11.1 Å². The minimum absolute atomic E-state index is 0.630. The van der Waals surface area contributed by atoms with Crippen molar-refractivity contribution in [3.8, 4) is 0 Å². The predicted octanol–water partition coefficient (Wildman–Crippen LogP) is 2.56. The predicted molar refractivity (Wildman–Crippen MR) is 65.2 cm³/mol. The second-order valence-electron chi connectivity index (χ2n) is 4.29. The maximum absolute atomic E-state index is 6.00. The van der Waals surface area contributed by atoms with Gasteiger partial charge in [-0.15, -0.1) is 0 Å². The van der Waals surface area contributed by atoms with Gasteiger partial charge in [-0.2, -0.15) is 0 Å². The molecule has 1 aromatic carbocycles. The number of rotatable bonds is 2. The molecule has 1 heterocycles. The minimum atomic E-state index is 0.630. The summed E-state index contributed by atoms with van der Waals surface area (Å²) in [6.45, 7) is 1.20. The molecule has 1 atom stereocenters. The Labute approximate surface area is 96.0 Å². The van der Waals surface area contributed by atoms with Gasteiger partial charge in [0, 0.05) is 6.04 Å². The van der Waals surface area contributed by atoms with Gasteiger partial charge in [0.25, 0.3) is 0 Å². The fourth-order valence-corrected chi connectivity index (χ4v) is 2.44. The van der Waals surface area contributed by atoms with E-state index in [1.54, 1.807) is 0 Å². The van der Waals surface area contributed by atoms with E-state index in [-0.39, 0.29) is 0 Å². The highest BCUT2D eigenvalue weighted by atomic mass is 35.5. The first-order valence-electron chi connectivity index (χ1n) is 5.41. The van der Waals surface area contributed by atoms with Gasteiger partial charge in [0.15, 0.2) is 0 Å². The Balaban J connectivity index is 2.13. The number of nitrogens with two attached hydrogens (primary N) is 1. The lowest BCUT2D eigenvalue weighted by atomic mass is 10.0. The van der Waals surface area contributed by atoms with Crippen molar-refractivity contribution in [1.82, 2.24) is 4.90 Å². The van der Waals surface area contributed by atoms with E-state index in [1.165, 1.54) is 24.9 Å². The first-order valence-corrected chi connectivity index (χ1v) is 5.79. The number of nitrogens with zero attached hydrogens (tertiary/aromatic N) is 1. The van der Waals surface area contributed by atoms with E-state index < -0.39 is 0 Å². The molecule has 2 N–H and O–H groups in total. The molecule has 3 heteroatoms. The van der Waals surface area contributed by atoms with Crippen molar-refractivity contribution in [3.63, 3.8) is 0 Å². The van der Waals surface area contributed by atoms with Crippen LogP contribution >= 0.6 is 11.6 Å². The summed E-state index contributed by atoms with van der Waals surface area (Å²) < 4.78 is 0. The Morgan fingerprint density at radius 3 is 3.00 bits per heavy atom. The van der Waals surface area contributed by atoms with Crippen LogP contribution < -0.4 is 5.73 Å². The van der Waals surface area contributed by atoms with Crippen LogP contribution in [0.3, 0.4) is 0 Å². The molecule has 1 fully saturated rings. The van der Waals surface area contributed by atoms with Gasteiger partial charge in [0.05, 0.1) is 10.7 Å². The second-order valence-corrected chi connectivity index (χ2v) is 4.70. The largest absolute Gasteiger partial charge is 0.397 e. The molecule has 1 unspecified atom stereocenters. The Morgan fingerprint density at radius 2 is 2.33 bits per heavy atom. The third kappa shape index (κ3) is 2.27. The number of hydrogen-bond donors (Lipinski definition) is 1. The summed E-state index contributed by atoms with van der Waals surface area (Å²) in [4.78, 5) is 2.40. The summed E-state index contributed by atoms with van der Waals surface area (Å²) in [5.41, 5.74) is 7.89. The van der Waals surface area contributed by atoms with Crippen molar-refractivity contribution in [3.05, 3.63) is 28.8 Å². The van der Waals surface area contributed by atoms with E-state index >= 15 is 0 Å². The van der Waals surface area contributed by atoms with Gasteiger partial charge in [0.1, 0.15) is 0 Å². The Hall–Kier alpha value is -0.730. The molecule has 0 aliphatic carbocycles. The van der Waals surface area contributed by atoms with Crippen molar-refractivity contribution in [2.24, 2.45) is 0 Å². The highest BCUT2D eigenvalue weighted by Gasteiger charge is 2.21. The zero-order valence-electron chi connectivity index (χ0n) is 9.04. The number of likely N-dealkylation sites (tertiary alicyclic amines) is 1. The van der Waals surface area contributed by atoms with Gasteiger partial charge >= 0.3 is 0 Å². The summed E-state index contributed by atoms with van der Waals surface area (Å²) in [6, 6.07) is 6.53. The van der Waals surface area contributed by atoms with Crippen LogP contribution in [-0.2, 0) is 6.42 Å². The number of nitrogen functional groups attached to an aromatic ring is 1. The van der Waals surface area contributed by atoms with Gasteiger partial charge in [-0.25, -0.2) is 0 Å². The third-order valence-corrected chi connectivity index (χ3v) is 3.60. The van der Waals surface area contributed by atoms with Gasteiger partial charge in [-0.05, 0) is 44.5 Å². The van der Waals surface area contributed by atoms with Gasteiger partial charge < -0.3 is 10.6 Å². The lowest BCUT2D eigenvalue weighted by Gasteiger charge is -2.20. The third-order valence-electron chi connectivity index (χ3n) is 3.27. The molecule has 82 valence electrons. The summed E-state index contributed by atoms with van der Waals surface area (Å²) in [7, 11) is 2.18. The van der Waals surface area contributed by atoms with Crippen LogP contribution in [-0.4, -0.2) is 24.5 Å². The Bertz CT molecular complexity index is 351. The Morgan fingerprint density at radius 1 is 1.53 bits per heavy atom. The molecule has 1 aliphatic heterocycles. The van der Waals surface area contributed by atoms with Crippen LogP contribution in [0.15, 0.2) is 18.2 Å². The molecule has 1 saturated heterocycles. The molecule has 2 rings (SSSR count). The molecule has 1 aliphatic rings. The van der Waals surface area contributed by atoms with Crippen molar-refractivity contribution in [2.45, 2.75) is 25.3 Å². The molecule has 0 bridgehead atoms. The zero-order chi connectivity index (χ0) is 10.8. The molecule has 1 aromatic rings. The van der Waals surface area contributed by atoms with Crippen LogP contribution in [0.25, 0.3) is 0 Å². The quantitative estimate of drug-likeness (QED) is 0.783. The number of anilines is 1. The van der Waals surface area contributed by atoms with Crippen LogP contribution in [0.1, 0.15) is 18.4 Å². The van der Waals surface area contributed by atoms with Gasteiger partial charge in [-0.3, -0.25) is 0 Å². The van der Waals surface area contributed by atoms with E-state index in [0.717, 1.165) is 12.1 Å². The van der Waals surface area contributed by atoms with Crippen LogP contribution in [0.5, 0.6) is 0 Å². The number of likely N-dealkylation sites (N-methyl/N-ethyl adjacent to an activating group) is 1. The maximum atomic E-state index is 6.00. The highest BCUT2D eigenvalue weighted by Crippen LogP contribution is 2.26. The molecule has 0 radical (unpaired) electrons. The number of halogens is 1. The lowest BCUT2D eigenvalue weighted by Crippen LogP contribution is -2.27. The minimum Gasteiger partial charge on any atom is -0.397 e. The van der Waals surface area contributed by atoms with Crippen LogP contribution in [0, 0.1) is 0 Å². The molecule has 0 spiro atoms. The number of hydrogen-bond acceptors (Lipinski definition) is 2. The smallest absolute Gasteiger partial charge is 0.0638 e. The van der Waals surface area contributed by atoms with Crippen molar-refractivity contribution >= 4 is 17.3 Å². The van der Waals surface area contributed by atoms with Crippen LogP contribution in [0.4, 0.5) is 5.69 Å². The molecule has 0 aromatic heterocycles. The van der Waals surface area contributed by atoms with E-state index in [4.69, 9.17) is 17.3 Å². The van der Waals surface area contributed by atoms with Crippen molar-refractivity contribution in [2.75, 3.05) is 19.3 Å². The standard InChI is InChI=1S/C12H17ClN2/c1-15-7-3-5-10(15)8-9-4-2-6-11(13)12(9)14/h2,4,6,10H,3,5,7-8,14H2,1H3. The van der Waals surface area contributed by atoms with E-state index in [9.17, 15) is 0 Å². The fraction of sp³-hybridized carbons (Fsp3) is 0.500. The van der Waals surface area contributed by atoms with Gasteiger partial charge in [0.2, 0.25) is 0 Å². The molecule has 0 saturated carbocycles. The highest BCUT2D eigenvalue weighted by molar-refractivity contribution is 6.33.